The molecule has 0 saturated heterocycles. The number of carbonyl (C=O) groups is 4. The molecular weight excluding hydrogens is 946 g/mol. The van der Waals surface area contributed by atoms with Crippen LogP contribution in [0.25, 0.3) is 0 Å². The van der Waals surface area contributed by atoms with Crippen molar-refractivity contribution in [3.8, 4) is 0 Å². The van der Waals surface area contributed by atoms with Gasteiger partial charge < -0.3 is 38.7 Å². The zero-order valence-electron chi connectivity index (χ0n) is 41.2. The van der Waals surface area contributed by atoms with Crippen LogP contribution in [0.5, 0.6) is 0 Å². The molecule has 0 amide bonds. The Morgan fingerprint density at radius 1 is 0.415 bits per heavy atom. The molecule has 65 heavy (non-hydrogen) atoms. The number of carboxylic acid groups (broad SMARTS) is 2. The monoisotopic (exact) mass is 1030 g/mol. The molecule has 364 valence electrons. The summed E-state index contributed by atoms with van der Waals surface area (Å²) in [5.41, 5.74) is 1.90. The predicted octanol–water partition coefficient (Wildman–Crippen LogP) is 11.8. The van der Waals surface area contributed by atoms with Crippen molar-refractivity contribution in [2.75, 3.05) is 0 Å². The van der Waals surface area contributed by atoms with Gasteiger partial charge in [-0.15, -0.1) is 0 Å². The number of hydrogen-bond acceptors (Lipinski definition) is 10. The molecule has 0 radical (unpaired) electrons. The number of esters is 2. The molecule has 0 N–H and O–H groups in total. The van der Waals surface area contributed by atoms with Gasteiger partial charge in [-0.2, -0.15) is 0 Å². The summed E-state index contributed by atoms with van der Waals surface area (Å²) in [6, 6.07) is 19.2. The van der Waals surface area contributed by atoms with Gasteiger partial charge in [0.15, 0.2) is 0 Å². The van der Waals surface area contributed by atoms with E-state index in [1.807, 2.05) is 60.7 Å². The van der Waals surface area contributed by atoms with Crippen LogP contribution >= 0.6 is 0 Å². The van der Waals surface area contributed by atoms with Gasteiger partial charge in [0, 0.05) is 51.5 Å². The first-order valence-corrected chi connectivity index (χ1v) is 25.1. The molecule has 2 atom stereocenters. The van der Waals surface area contributed by atoms with E-state index in [1.54, 1.807) is 0 Å². The Morgan fingerprint density at radius 3 is 0.923 bits per heavy atom. The largest absolute Gasteiger partial charge is 2.00 e. The van der Waals surface area contributed by atoms with E-state index >= 15 is 0 Å². The molecule has 2 aromatic carbocycles. The van der Waals surface area contributed by atoms with Crippen LogP contribution in [-0.4, -0.2) is 84.3 Å². The number of carbonyl (C=O) groups excluding carboxylic acids is 4. The molecule has 0 aliphatic carbocycles. The molecule has 2 unspecified atom stereocenters. The Bertz CT molecular complexity index is 1350. The van der Waals surface area contributed by atoms with Crippen molar-refractivity contribution in [1.29, 1.82) is 0 Å². The molecule has 0 spiro atoms. The Labute approximate surface area is 434 Å². The van der Waals surface area contributed by atoms with Crippen LogP contribution in [0.3, 0.4) is 0 Å². The third-order valence-electron chi connectivity index (χ3n) is 11.6. The van der Waals surface area contributed by atoms with Gasteiger partial charge in [0.1, 0.15) is 0 Å². The van der Waals surface area contributed by atoms with Crippen molar-refractivity contribution in [3.05, 3.63) is 71.8 Å². The van der Waals surface area contributed by atoms with E-state index in [1.165, 1.54) is 129 Å². The summed E-state index contributed by atoms with van der Waals surface area (Å²) >= 11 is 0. The summed E-state index contributed by atoms with van der Waals surface area (Å²) in [5.74, 6) is -5.70. The van der Waals surface area contributed by atoms with Crippen LogP contribution in [0.4, 0.5) is 0 Å². The second-order valence-electron chi connectivity index (χ2n) is 17.6. The number of carboxylic acids is 2. The molecule has 0 aromatic heterocycles. The van der Waals surface area contributed by atoms with E-state index in [0.717, 1.165) is 49.7 Å². The maximum atomic E-state index is 11.8. The average molecular weight is 1030 g/mol. The summed E-state index contributed by atoms with van der Waals surface area (Å²) in [4.78, 5) is 45.7. The van der Waals surface area contributed by atoms with Crippen LogP contribution in [0, 0.1) is 0 Å². The zero-order chi connectivity index (χ0) is 47.0. The molecule has 0 fully saturated rings. The molecule has 10 nitrogen and oxygen atoms in total. The van der Waals surface area contributed by atoms with Gasteiger partial charge in [-0.1, -0.05) is 216 Å². The van der Waals surface area contributed by atoms with Crippen molar-refractivity contribution in [2.45, 2.75) is 245 Å². The van der Waals surface area contributed by atoms with E-state index in [4.69, 9.17) is 18.9 Å². The van der Waals surface area contributed by atoms with Crippen molar-refractivity contribution in [2.24, 2.45) is 0 Å². The Kier molecular flexibility index (Phi) is 40.5. The zero-order valence-corrected chi connectivity index (χ0v) is 45.6. The van der Waals surface area contributed by atoms with Gasteiger partial charge >= 0.3 is 60.8 Å². The van der Waals surface area contributed by atoms with Crippen LogP contribution in [0.2, 0.25) is 0 Å². The van der Waals surface area contributed by atoms with E-state index in [-0.39, 0.29) is 87.8 Å². The van der Waals surface area contributed by atoms with Gasteiger partial charge in [0.05, 0.1) is 13.2 Å². The van der Waals surface area contributed by atoms with Gasteiger partial charge in [-0.3, -0.25) is 9.59 Å². The Hall–Kier alpha value is -2.19. The molecule has 0 heterocycles. The number of aliphatic carboxylic acids is 2. The minimum absolute atomic E-state index is 0. The number of hydrogen-bond donors (Lipinski definition) is 0. The summed E-state index contributed by atoms with van der Waals surface area (Å²) < 4.78 is 23.2. The second-order valence-corrected chi connectivity index (χ2v) is 17.6. The average Bonchev–Trinajstić information content (AvgIpc) is 3.27. The fourth-order valence-corrected chi connectivity index (χ4v) is 7.96. The van der Waals surface area contributed by atoms with Crippen molar-refractivity contribution < 1.29 is 48.3 Å². The minimum atomic E-state index is -1.22. The fraction of sp³-hybridized carbons (Fsp3) is 0.704. The van der Waals surface area contributed by atoms with Crippen molar-refractivity contribution in [3.63, 3.8) is 0 Å². The van der Waals surface area contributed by atoms with Gasteiger partial charge in [-0.05, 0) is 36.8 Å². The molecular formula is C54H86BaO10. The van der Waals surface area contributed by atoms with Gasteiger partial charge in [0.2, 0.25) is 11.6 Å². The Morgan fingerprint density at radius 2 is 0.677 bits per heavy atom. The first kappa shape index (κ1) is 62.8. The number of benzene rings is 2. The van der Waals surface area contributed by atoms with Crippen LogP contribution < -0.4 is 10.2 Å². The van der Waals surface area contributed by atoms with Gasteiger partial charge in [0.25, 0.3) is 0 Å². The van der Waals surface area contributed by atoms with E-state index < -0.39 is 35.5 Å². The van der Waals surface area contributed by atoms with Crippen LogP contribution in [0.1, 0.15) is 231 Å². The fourth-order valence-electron chi connectivity index (χ4n) is 7.96. The third kappa shape index (κ3) is 36.5. The first-order valence-electron chi connectivity index (χ1n) is 25.1. The second kappa shape index (κ2) is 42.0. The number of ether oxygens (including phenoxy) is 4. The first-order chi connectivity index (χ1) is 30.9. The third-order valence-corrected chi connectivity index (χ3v) is 11.6. The quantitative estimate of drug-likeness (QED) is 0.0273. The maximum absolute atomic E-state index is 11.8. The van der Waals surface area contributed by atoms with E-state index in [9.17, 15) is 29.4 Å². The van der Waals surface area contributed by atoms with Crippen LogP contribution in [-0.2, 0) is 51.3 Å². The topological polar surface area (TPSA) is 151 Å². The summed E-state index contributed by atoms with van der Waals surface area (Å²) in [6.07, 6.45) is 30.3. The summed E-state index contributed by atoms with van der Waals surface area (Å²) in [6.45, 7) is 7.69. The van der Waals surface area contributed by atoms with E-state index in [0.29, 0.717) is 12.8 Å². The van der Waals surface area contributed by atoms with Gasteiger partial charge in [-0.25, -0.2) is 0 Å². The molecule has 0 aliphatic heterocycles. The molecule has 0 bridgehead atoms. The summed E-state index contributed by atoms with van der Waals surface area (Å²) in [7, 11) is 0. The molecule has 0 saturated carbocycles. The summed E-state index contributed by atoms with van der Waals surface area (Å²) in [5, 5.41) is 22.1. The molecule has 2 rings (SSSR count). The molecule has 2 aromatic rings. The minimum Gasteiger partial charge on any atom is -0.550 e. The smallest absolute Gasteiger partial charge is 0.550 e. The predicted molar refractivity (Wildman–Crippen MR) is 257 cm³/mol. The van der Waals surface area contributed by atoms with Crippen molar-refractivity contribution in [1.82, 2.24) is 0 Å². The molecule has 11 heteroatoms. The standard InChI is InChI=1S/2C27H44O5.Ba/c2*1-3-4-5-6-7-8-9-10-11-12-13-17-21-27(32-24(2)28,22-20-26(29)30)31-23-25-18-15-14-16-19-25;/h2*14-16,18-19H,3-13,17,20-23H2,1-2H3,(H,29,30);/q;;+2/p-2. The van der Waals surface area contributed by atoms with Crippen molar-refractivity contribution >= 4 is 72.8 Å². The maximum Gasteiger partial charge on any atom is 2.00 e. The van der Waals surface area contributed by atoms with Crippen LogP contribution in [0.15, 0.2) is 60.7 Å². The molecule has 0 aliphatic rings. The SMILES string of the molecule is CCCCCCCCCCCCCCC(CCC(=O)[O-])(OCc1ccccc1)OC(C)=O.CCCCCCCCCCCCCCC(CCC(=O)[O-])(OCc1ccccc1)OC(C)=O.[Ba+2]. The normalized spacial score (nSPS) is 12.7. The number of rotatable bonds is 40. The van der Waals surface area contributed by atoms with E-state index in [2.05, 4.69) is 13.8 Å². The number of unbranched alkanes of at least 4 members (excludes halogenated alkanes) is 22. The Balaban J connectivity index is 0.00000124.